The summed E-state index contributed by atoms with van der Waals surface area (Å²) in [7, 11) is 0. The summed E-state index contributed by atoms with van der Waals surface area (Å²) in [4.78, 5) is 11.2. The van der Waals surface area contributed by atoms with Crippen LogP contribution in [0, 0.1) is 13.8 Å². The number of rotatable bonds is 4. The Labute approximate surface area is 141 Å². The van der Waals surface area contributed by atoms with E-state index in [4.69, 9.17) is 0 Å². The smallest absolute Gasteiger partial charge is 0.233 e. The topological polar surface area (TPSA) is 51.8 Å². The molecule has 1 saturated heterocycles. The predicted octanol–water partition coefficient (Wildman–Crippen LogP) is 2.53. The summed E-state index contributed by atoms with van der Waals surface area (Å²) in [6, 6.07) is 8.66. The average Bonchev–Trinajstić information content (AvgIpc) is 3.29. The highest BCUT2D eigenvalue weighted by atomic mass is 15.3. The lowest BCUT2D eigenvalue weighted by Crippen LogP contribution is -2.23. The van der Waals surface area contributed by atoms with Crippen LogP contribution in [0.25, 0.3) is 5.95 Å². The van der Waals surface area contributed by atoms with E-state index in [9.17, 15) is 0 Å². The van der Waals surface area contributed by atoms with Crippen molar-refractivity contribution in [2.45, 2.75) is 32.9 Å². The quantitative estimate of drug-likeness (QED) is 0.741. The summed E-state index contributed by atoms with van der Waals surface area (Å²) in [5, 5.41) is 4.65. The monoisotopic (exact) mass is 322 g/mol. The lowest BCUT2D eigenvalue weighted by Gasteiger charge is -2.18. The zero-order chi connectivity index (χ0) is 16.5. The van der Waals surface area contributed by atoms with Crippen LogP contribution in [0.1, 0.15) is 29.5 Å². The normalized spacial score (nSPS) is 18.3. The first-order chi connectivity index (χ1) is 11.7. The first-order valence-corrected chi connectivity index (χ1v) is 8.39. The molecule has 0 bridgehead atoms. The number of hydrogen-bond acceptors (Lipinski definition) is 4. The molecule has 0 radical (unpaired) electrons. The van der Waals surface area contributed by atoms with Crippen molar-refractivity contribution in [3.63, 3.8) is 0 Å². The van der Waals surface area contributed by atoms with Gasteiger partial charge in [0.25, 0.3) is 0 Å². The van der Waals surface area contributed by atoms with Crippen LogP contribution in [0.4, 0.5) is 0 Å². The third-order valence-corrected chi connectivity index (χ3v) is 4.62. The van der Waals surface area contributed by atoms with Crippen molar-refractivity contribution < 1.29 is 0 Å². The van der Waals surface area contributed by atoms with E-state index in [-0.39, 0.29) is 0 Å². The Morgan fingerprint density at radius 3 is 2.75 bits per heavy atom. The molecule has 3 aromatic rings. The summed E-state index contributed by atoms with van der Waals surface area (Å²) in [5.74, 6) is 0.729. The van der Waals surface area contributed by atoms with E-state index in [1.165, 1.54) is 11.4 Å². The van der Waals surface area contributed by atoms with Gasteiger partial charge in [0, 0.05) is 49.6 Å². The minimum atomic E-state index is 0.468. The van der Waals surface area contributed by atoms with E-state index in [0.717, 1.165) is 37.7 Å². The Hall–Kier alpha value is -2.47. The zero-order valence-corrected chi connectivity index (χ0v) is 14.1. The highest BCUT2D eigenvalue weighted by molar-refractivity contribution is 5.20. The maximum atomic E-state index is 4.65. The molecule has 24 heavy (non-hydrogen) atoms. The molecule has 1 atom stereocenters. The molecule has 1 aliphatic heterocycles. The van der Waals surface area contributed by atoms with Gasteiger partial charge in [-0.15, -0.1) is 0 Å². The third kappa shape index (κ3) is 2.85. The molecule has 6 heteroatoms. The van der Waals surface area contributed by atoms with Crippen molar-refractivity contribution >= 4 is 0 Å². The number of nitrogens with zero attached hydrogens (tertiary/aromatic N) is 6. The molecule has 1 fully saturated rings. The largest absolute Gasteiger partial charge is 0.295 e. The van der Waals surface area contributed by atoms with Gasteiger partial charge >= 0.3 is 0 Å². The molecular formula is C18H22N6. The summed E-state index contributed by atoms with van der Waals surface area (Å²) < 4.78 is 4.26. The van der Waals surface area contributed by atoms with Gasteiger partial charge in [0.2, 0.25) is 5.95 Å². The van der Waals surface area contributed by atoms with Crippen LogP contribution in [0.5, 0.6) is 0 Å². The molecule has 0 unspecified atom stereocenters. The molecule has 4 heterocycles. The van der Waals surface area contributed by atoms with Gasteiger partial charge in [-0.1, -0.05) is 0 Å². The second-order valence-electron chi connectivity index (χ2n) is 6.47. The first kappa shape index (κ1) is 15.1. The van der Waals surface area contributed by atoms with Crippen LogP contribution >= 0.6 is 0 Å². The van der Waals surface area contributed by atoms with E-state index in [1.807, 2.05) is 12.3 Å². The van der Waals surface area contributed by atoms with Gasteiger partial charge in [0.15, 0.2) is 0 Å². The number of likely N-dealkylation sites (tertiary alicyclic amines) is 1. The Morgan fingerprint density at radius 2 is 2.00 bits per heavy atom. The van der Waals surface area contributed by atoms with Crippen molar-refractivity contribution in [1.29, 1.82) is 0 Å². The zero-order valence-electron chi connectivity index (χ0n) is 14.1. The molecule has 0 aromatic carbocycles. The summed E-state index contributed by atoms with van der Waals surface area (Å²) >= 11 is 0. The van der Waals surface area contributed by atoms with E-state index in [1.54, 1.807) is 12.4 Å². The maximum Gasteiger partial charge on any atom is 0.233 e. The highest BCUT2D eigenvalue weighted by Gasteiger charge is 2.26. The molecule has 0 spiro atoms. The van der Waals surface area contributed by atoms with Crippen molar-refractivity contribution in [3.8, 4) is 5.95 Å². The maximum absolute atomic E-state index is 4.65. The van der Waals surface area contributed by atoms with Gasteiger partial charge in [-0.3, -0.25) is 14.1 Å². The average molecular weight is 322 g/mol. The van der Waals surface area contributed by atoms with Crippen LogP contribution in [-0.4, -0.2) is 42.3 Å². The Balaban J connectivity index is 1.48. The van der Waals surface area contributed by atoms with E-state index >= 15 is 0 Å². The standard InChI is InChI=1S/C18H22N6/c1-14-11-15(2)24(21-14)17-6-10-22(13-17)12-16-5-3-9-23(16)18-19-7-4-8-20-18/h3-5,7-9,11,17H,6,10,12-13H2,1-2H3/t17-/m1/s1. The van der Waals surface area contributed by atoms with Crippen LogP contribution in [-0.2, 0) is 6.54 Å². The molecular weight excluding hydrogens is 300 g/mol. The Morgan fingerprint density at radius 1 is 1.17 bits per heavy atom. The number of aryl methyl sites for hydroxylation is 2. The van der Waals surface area contributed by atoms with Crippen molar-refractivity contribution in [3.05, 3.63) is 59.9 Å². The highest BCUT2D eigenvalue weighted by Crippen LogP contribution is 2.24. The molecule has 124 valence electrons. The SMILES string of the molecule is Cc1cc(C)n([C@@H]2CCN(Cc3cccn3-c3ncccn3)C2)n1. The lowest BCUT2D eigenvalue weighted by atomic mass is 10.2. The lowest BCUT2D eigenvalue weighted by molar-refractivity contribution is 0.305. The van der Waals surface area contributed by atoms with Crippen LogP contribution in [0.15, 0.2) is 42.9 Å². The van der Waals surface area contributed by atoms with Gasteiger partial charge in [0.05, 0.1) is 11.7 Å². The van der Waals surface area contributed by atoms with E-state index in [0.29, 0.717) is 6.04 Å². The van der Waals surface area contributed by atoms with Crippen LogP contribution in [0.2, 0.25) is 0 Å². The summed E-state index contributed by atoms with van der Waals surface area (Å²) in [5.41, 5.74) is 3.57. The fraction of sp³-hybridized carbons (Fsp3) is 0.389. The molecule has 1 aliphatic rings. The van der Waals surface area contributed by atoms with Gasteiger partial charge in [-0.05, 0) is 44.5 Å². The Kier molecular flexibility index (Phi) is 3.90. The molecule has 3 aromatic heterocycles. The molecule has 6 nitrogen and oxygen atoms in total. The molecule has 4 rings (SSSR count). The predicted molar refractivity (Wildman–Crippen MR) is 92.0 cm³/mol. The molecule has 0 aliphatic carbocycles. The minimum Gasteiger partial charge on any atom is -0.295 e. The Bertz CT molecular complexity index is 819. The van der Waals surface area contributed by atoms with Crippen molar-refractivity contribution in [2.75, 3.05) is 13.1 Å². The minimum absolute atomic E-state index is 0.468. The first-order valence-electron chi connectivity index (χ1n) is 8.39. The van der Waals surface area contributed by atoms with Gasteiger partial charge < -0.3 is 0 Å². The van der Waals surface area contributed by atoms with Crippen molar-refractivity contribution in [2.24, 2.45) is 0 Å². The molecule has 0 N–H and O–H groups in total. The number of hydrogen-bond donors (Lipinski definition) is 0. The van der Waals surface area contributed by atoms with E-state index in [2.05, 4.69) is 61.3 Å². The fourth-order valence-corrected chi connectivity index (χ4v) is 3.56. The van der Waals surface area contributed by atoms with E-state index < -0.39 is 0 Å². The van der Waals surface area contributed by atoms with Crippen LogP contribution < -0.4 is 0 Å². The number of aromatic nitrogens is 5. The molecule has 0 saturated carbocycles. The molecule has 0 amide bonds. The summed E-state index contributed by atoms with van der Waals surface area (Å²) in [6.07, 6.45) is 6.73. The van der Waals surface area contributed by atoms with Crippen molar-refractivity contribution in [1.82, 2.24) is 29.2 Å². The van der Waals surface area contributed by atoms with Crippen LogP contribution in [0.3, 0.4) is 0 Å². The second-order valence-corrected chi connectivity index (χ2v) is 6.47. The second kappa shape index (κ2) is 6.20. The van der Waals surface area contributed by atoms with Gasteiger partial charge in [-0.25, -0.2) is 9.97 Å². The fourth-order valence-electron chi connectivity index (χ4n) is 3.56. The third-order valence-electron chi connectivity index (χ3n) is 4.62. The van der Waals surface area contributed by atoms with Gasteiger partial charge in [-0.2, -0.15) is 5.10 Å². The van der Waals surface area contributed by atoms with Gasteiger partial charge in [0.1, 0.15) is 0 Å². The summed E-state index contributed by atoms with van der Waals surface area (Å²) in [6.45, 7) is 7.22.